The minimum absolute atomic E-state index is 0.313. The summed E-state index contributed by atoms with van der Waals surface area (Å²) in [6, 6.07) is 5.30. The van der Waals surface area contributed by atoms with E-state index in [4.69, 9.17) is 21.4 Å². The fourth-order valence-corrected chi connectivity index (χ4v) is 3.78. The van der Waals surface area contributed by atoms with E-state index in [0.717, 1.165) is 20.5 Å². The third-order valence-corrected chi connectivity index (χ3v) is 4.58. The predicted molar refractivity (Wildman–Crippen MR) is 73.8 cm³/mol. The lowest BCUT2D eigenvalue weighted by molar-refractivity contribution is 0.0702. The molecule has 1 aromatic heterocycles. The predicted octanol–water partition coefficient (Wildman–Crippen LogP) is 4.42. The number of fused-ring (bicyclic) bond motifs is 3. The molecule has 0 fully saturated rings. The van der Waals surface area contributed by atoms with Crippen LogP contribution in [0.15, 0.2) is 22.7 Å². The number of rotatable bonds is 1. The SMILES string of the molecule is O=C(O)c1cc2c(s1)-c1cc(Br)cc(Cl)c1OC2. The van der Waals surface area contributed by atoms with Gasteiger partial charge in [0, 0.05) is 20.5 Å². The van der Waals surface area contributed by atoms with Gasteiger partial charge >= 0.3 is 5.97 Å². The van der Waals surface area contributed by atoms with Crippen molar-refractivity contribution in [2.24, 2.45) is 0 Å². The highest BCUT2D eigenvalue weighted by Gasteiger charge is 2.24. The van der Waals surface area contributed by atoms with Crippen LogP contribution in [0.1, 0.15) is 15.2 Å². The van der Waals surface area contributed by atoms with E-state index in [2.05, 4.69) is 15.9 Å². The Morgan fingerprint density at radius 2 is 2.22 bits per heavy atom. The highest BCUT2D eigenvalue weighted by Crippen LogP contribution is 2.47. The van der Waals surface area contributed by atoms with Gasteiger partial charge in [0.1, 0.15) is 17.2 Å². The van der Waals surface area contributed by atoms with E-state index in [1.54, 1.807) is 12.1 Å². The highest BCUT2D eigenvalue weighted by atomic mass is 79.9. The molecule has 0 bridgehead atoms. The minimum Gasteiger partial charge on any atom is -0.487 e. The number of ether oxygens (including phenoxy) is 1. The molecule has 92 valence electrons. The van der Waals surface area contributed by atoms with Crippen LogP contribution in [0, 0.1) is 0 Å². The van der Waals surface area contributed by atoms with Gasteiger partial charge in [-0.15, -0.1) is 11.3 Å². The summed E-state index contributed by atoms with van der Waals surface area (Å²) >= 11 is 10.7. The van der Waals surface area contributed by atoms with Crippen molar-refractivity contribution in [2.45, 2.75) is 6.61 Å². The van der Waals surface area contributed by atoms with Crippen molar-refractivity contribution in [3.8, 4) is 16.2 Å². The molecule has 3 rings (SSSR count). The lowest BCUT2D eigenvalue weighted by Gasteiger charge is -2.18. The lowest BCUT2D eigenvalue weighted by Crippen LogP contribution is -2.03. The number of hydrogen-bond donors (Lipinski definition) is 1. The van der Waals surface area contributed by atoms with Crippen molar-refractivity contribution in [1.29, 1.82) is 0 Å². The van der Waals surface area contributed by atoms with Crippen LogP contribution >= 0.6 is 38.9 Å². The van der Waals surface area contributed by atoms with Gasteiger partial charge in [0.15, 0.2) is 0 Å². The van der Waals surface area contributed by atoms with Crippen LogP contribution in [-0.2, 0) is 6.61 Å². The zero-order valence-corrected chi connectivity index (χ0v) is 12.0. The molecule has 18 heavy (non-hydrogen) atoms. The maximum absolute atomic E-state index is 11.0. The van der Waals surface area contributed by atoms with Gasteiger partial charge in [-0.1, -0.05) is 27.5 Å². The Bertz CT molecular complexity index is 666. The van der Waals surface area contributed by atoms with Crippen LogP contribution in [0.5, 0.6) is 5.75 Å². The topological polar surface area (TPSA) is 46.5 Å². The first kappa shape index (κ1) is 12.0. The van der Waals surface area contributed by atoms with Crippen LogP contribution in [0.25, 0.3) is 10.4 Å². The van der Waals surface area contributed by atoms with Gasteiger partial charge < -0.3 is 9.84 Å². The third-order valence-electron chi connectivity index (χ3n) is 2.64. The molecule has 0 amide bonds. The molecule has 2 heterocycles. The molecule has 0 aliphatic carbocycles. The zero-order valence-electron chi connectivity index (χ0n) is 8.87. The number of carboxylic acid groups (broad SMARTS) is 1. The monoisotopic (exact) mass is 344 g/mol. The summed E-state index contributed by atoms with van der Waals surface area (Å²) in [6.45, 7) is 0.355. The van der Waals surface area contributed by atoms with Crippen LogP contribution in [-0.4, -0.2) is 11.1 Å². The van der Waals surface area contributed by atoms with Gasteiger partial charge in [0.05, 0.1) is 5.02 Å². The number of aromatic carboxylic acids is 1. The van der Waals surface area contributed by atoms with Gasteiger partial charge in [-0.25, -0.2) is 4.79 Å². The number of hydrogen-bond acceptors (Lipinski definition) is 3. The van der Waals surface area contributed by atoms with Crippen molar-refractivity contribution >= 4 is 44.8 Å². The first-order valence-electron chi connectivity index (χ1n) is 5.04. The summed E-state index contributed by atoms with van der Waals surface area (Å²) in [7, 11) is 0. The molecule has 1 aromatic carbocycles. The van der Waals surface area contributed by atoms with E-state index in [-0.39, 0.29) is 0 Å². The molecule has 1 N–H and O–H groups in total. The standard InChI is InChI=1S/C12H6BrClO3S/c13-6-2-7-10(8(14)3-6)17-4-5-1-9(12(15)16)18-11(5)7/h1-3H,4H2,(H,15,16). The molecular formula is C12H6BrClO3S. The Labute approximate surface area is 120 Å². The van der Waals surface area contributed by atoms with Crippen molar-refractivity contribution in [3.05, 3.63) is 38.1 Å². The summed E-state index contributed by atoms with van der Waals surface area (Å²) in [5.74, 6) is -0.303. The van der Waals surface area contributed by atoms with Crippen molar-refractivity contribution < 1.29 is 14.6 Å². The summed E-state index contributed by atoms with van der Waals surface area (Å²) in [5, 5.41) is 9.55. The average molecular weight is 346 g/mol. The number of halogens is 2. The molecule has 3 nitrogen and oxygen atoms in total. The summed E-state index contributed by atoms with van der Waals surface area (Å²) in [5.41, 5.74) is 1.73. The Hall–Kier alpha value is -1.04. The van der Waals surface area contributed by atoms with Crippen molar-refractivity contribution in [1.82, 2.24) is 0 Å². The van der Waals surface area contributed by atoms with Gasteiger partial charge in [-0.2, -0.15) is 0 Å². The Balaban J connectivity index is 2.24. The average Bonchev–Trinajstić information content (AvgIpc) is 2.72. The van der Waals surface area contributed by atoms with Gasteiger partial charge in [0.2, 0.25) is 0 Å². The molecule has 0 spiro atoms. The molecule has 0 saturated carbocycles. The first-order chi connectivity index (χ1) is 8.56. The smallest absolute Gasteiger partial charge is 0.345 e. The van der Waals surface area contributed by atoms with E-state index in [0.29, 0.717) is 22.3 Å². The van der Waals surface area contributed by atoms with E-state index in [9.17, 15) is 4.79 Å². The van der Waals surface area contributed by atoms with Gasteiger partial charge in [-0.3, -0.25) is 0 Å². The molecule has 0 radical (unpaired) electrons. The van der Waals surface area contributed by atoms with Crippen molar-refractivity contribution in [2.75, 3.05) is 0 Å². The summed E-state index contributed by atoms with van der Waals surface area (Å²) in [4.78, 5) is 12.2. The molecule has 0 unspecified atom stereocenters. The Morgan fingerprint density at radius 1 is 1.44 bits per heavy atom. The Morgan fingerprint density at radius 3 is 2.94 bits per heavy atom. The third kappa shape index (κ3) is 1.83. The molecule has 2 aromatic rings. The van der Waals surface area contributed by atoms with E-state index >= 15 is 0 Å². The van der Waals surface area contributed by atoms with Crippen LogP contribution in [0.3, 0.4) is 0 Å². The zero-order chi connectivity index (χ0) is 12.9. The quantitative estimate of drug-likeness (QED) is 0.832. The highest BCUT2D eigenvalue weighted by molar-refractivity contribution is 9.10. The molecular weight excluding hydrogens is 340 g/mol. The first-order valence-corrected chi connectivity index (χ1v) is 7.03. The van der Waals surface area contributed by atoms with E-state index in [1.165, 1.54) is 11.3 Å². The fourth-order valence-electron chi connectivity index (χ4n) is 1.89. The minimum atomic E-state index is -0.919. The second-order valence-corrected chi connectivity index (χ2v) is 6.20. The summed E-state index contributed by atoms with van der Waals surface area (Å²) in [6.07, 6.45) is 0. The normalized spacial score (nSPS) is 12.6. The second-order valence-electron chi connectivity index (χ2n) is 3.82. The summed E-state index contributed by atoms with van der Waals surface area (Å²) < 4.78 is 6.43. The lowest BCUT2D eigenvalue weighted by atomic mass is 10.1. The molecule has 1 aliphatic rings. The van der Waals surface area contributed by atoms with Gasteiger partial charge in [0.25, 0.3) is 0 Å². The maximum atomic E-state index is 11.0. The Kier molecular flexibility index (Phi) is 2.84. The number of benzene rings is 1. The number of carboxylic acids is 1. The second kappa shape index (κ2) is 4.26. The molecule has 6 heteroatoms. The van der Waals surface area contributed by atoms with E-state index < -0.39 is 5.97 Å². The largest absolute Gasteiger partial charge is 0.487 e. The molecule has 0 saturated heterocycles. The van der Waals surface area contributed by atoms with Gasteiger partial charge in [-0.05, 0) is 18.2 Å². The van der Waals surface area contributed by atoms with Crippen LogP contribution in [0.2, 0.25) is 5.02 Å². The van der Waals surface area contributed by atoms with E-state index in [1.807, 2.05) is 6.07 Å². The molecule has 0 atom stereocenters. The number of carbonyl (C=O) groups is 1. The number of thiophene rings is 1. The maximum Gasteiger partial charge on any atom is 0.345 e. The fraction of sp³-hybridized carbons (Fsp3) is 0.0833. The van der Waals surface area contributed by atoms with Crippen LogP contribution in [0.4, 0.5) is 0 Å². The molecule has 1 aliphatic heterocycles. The van der Waals surface area contributed by atoms with Crippen molar-refractivity contribution in [3.63, 3.8) is 0 Å². The van der Waals surface area contributed by atoms with Crippen LogP contribution < -0.4 is 4.74 Å².